The van der Waals surface area contributed by atoms with Crippen molar-refractivity contribution in [2.75, 3.05) is 0 Å². The van der Waals surface area contributed by atoms with E-state index in [-0.39, 0.29) is 5.41 Å². The molecule has 2 heteroatoms. The number of benzene rings is 1. The molecule has 1 aromatic rings. The summed E-state index contributed by atoms with van der Waals surface area (Å²) in [7, 11) is 0. The molecule has 0 N–H and O–H groups in total. The van der Waals surface area contributed by atoms with Gasteiger partial charge >= 0.3 is 0 Å². The second-order valence-electron chi connectivity index (χ2n) is 7.87. The molecule has 0 amide bonds. The van der Waals surface area contributed by atoms with Crippen LogP contribution >= 0.6 is 0 Å². The molecule has 1 saturated carbocycles. The third-order valence-corrected chi connectivity index (χ3v) is 7.07. The van der Waals surface area contributed by atoms with Crippen LogP contribution in [0.3, 0.4) is 0 Å². The zero-order valence-electron chi connectivity index (χ0n) is 13.8. The quantitative estimate of drug-likeness (QED) is 0.663. The molecule has 1 spiro atoms. The first-order chi connectivity index (χ1) is 11.8. The van der Waals surface area contributed by atoms with Gasteiger partial charge in [0.05, 0.1) is 12.1 Å². The van der Waals surface area contributed by atoms with Crippen molar-refractivity contribution in [1.82, 2.24) is 0 Å². The van der Waals surface area contributed by atoms with Crippen molar-refractivity contribution in [3.8, 4) is 12.1 Å². The molecule has 6 rings (SSSR count). The Morgan fingerprint density at radius 1 is 0.917 bits per heavy atom. The molecular formula is C22H20N2. The van der Waals surface area contributed by atoms with Crippen LogP contribution in [0.25, 0.3) is 0 Å². The monoisotopic (exact) mass is 312 g/mol. The summed E-state index contributed by atoms with van der Waals surface area (Å²) in [5, 5.41) is 19.5. The second-order valence-corrected chi connectivity index (χ2v) is 7.87. The summed E-state index contributed by atoms with van der Waals surface area (Å²) in [6.45, 7) is 0. The van der Waals surface area contributed by atoms with Gasteiger partial charge in [-0.2, -0.15) is 10.5 Å². The maximum atomic E-state index is 9.93. The van der Waals surface area contributed by atoms with Crippen LogP contribution < -0.4 is 0 Å². The molecule has 5 aliphatic carbocycles. The first-order valence-electron chi connectivity index (χ1n) is 9.08. The maximum absolute atomic E-state index is 9.93. The van der Waals surface area contributed by atoms with E-state index >= 15 is 0 Å². The molecule has 4 bridgehead atoms. The molecular weight excluding hydrogens is 292 g/mol. The Kier molecular flexibility index (Phi) is 2.70. The van der Waals surface area contributed by atoms with Crippen molar-refractivity contribution in [3.05, 3.63) is 58.7 Å². The number of hydrogen-bond donors (Lipinski definition) is 0. The molecule has 0 radical (unpaired) electrons. The van der Waals surface area contributed by atoms with Gasteiger partial charge in [0.15, 0.2) is 0 Å². The lowest BCUT2D eigenvalue weighted by atomic mass is 9.79. The summed E-state index contributed by atoms with van der Waals surface area (Å²) in [4.78, 5) is 0. The first kappa shape index (κ1) is 14.1. The minimum Gasteiger partial charge on any atom is -0.197 e. The van der Waals surface area contributed by atoms with Gasteiger partial charge in [0.1, 0.15) is 5.41 Å². The lowest BCUT2D eigenvalue weighted by Crippen LogP contribution is -2.18. The summed E-state index contributed by atoms with van der Waals surface area (Å²) in [5.74, 6) is 0.629. The minimum absolute atomic E-state index is 0.00926. The zero-order valence-corrected chi connectivity index (χ0v) is 13.8. The first-order valence-corrected chi connectivity index (χ1v) is 9.08. The predicted octanol–water partition coefficient (Wildman–Crippen LogP) is 4.49. The van der Waals surface area contributed by atoms with Gasteiger partial charge in [0.2, 0.25) is 0 Å². The summed E-state index contributed by atoms with van der Waals surface area (Å²) in [5.41, 5.74) is 4.56. The van der Waals surface area contributed by atoms with Crippen molar-refractivity contribution in [3.63, 3.8) is 0 Å². The van der Waals surface area contributed by atoms with Crippen LogP contribution in [-0.4, -0.2) is 0 Å². The highest BCUT2D eigenvalue weighted by atomic mass is 14.8. The van der Waals surface area contributed by atoms with Crippen molar-refractivity contribution >= 4 is 0 Å². The van der Waals surface area contributed by atoms with Gasteiger partial charge in [-0.05, 0) is 49.7 Å². The van der Waals surface area contributed by atoms with Gasteiger partial charge in [-0.1, -0.05) is 42.0 Å². The molecule has 0 unspecified atom stereocenters. The molecule has 0 saturated heterocycles. The van der Waals surface area contributed by atoms with Crippen LogP contribution in [0.2, 0.25) is 0 Å². The Hall–Kier alpha value is -2.32. The van der Waals surface area contributed by atoms with E-state index in [0.717, 1.165) is 44.1 Å². The van der Waals surface area contributed by atoms with Gasteiger partial charge in [-0.25, -0.2) is 0 Å². The predicted molar refractivity (Wildman–Crippen MR) is 91.6 cm³/mol. The Balaban J connectivity index is 1.54. The van der Waals surface area contributed by atoms with Crippen LogP contribution in [-0.2, 0) is 12.8 Å². The molecule has 0 aliphatic heterocycles. The number of nitrogens with zero attached hydrogens (tertiary/aromatic N) is 2. The Morgan fingerprint density at radius 3 is 2.29 bits per heavy atom. The van der Waals surface area contributed by atoms with Crippen LogP contribution in [0.15, 0.2) is 47.6 Å². The van der Waals surface area contributed by atoms with Gasteiger partial charge < -0.3 is 0 Å². The molecule has 1 fully saturated rings. The number of allylic oxidation sites excluding steroid dienone is 4. The second kappa shape index (κ2) is 4.61. The Bertz CT molecular complexity index is 861. The molecule has 1 aromatic carbocycles. The molecule has 5 aliphatic rings. The molecule has 0 aromatic heterocycles. The van der Waals surface area contributed by atoms with Crippen LogP contribution in [0.5, 0.6) is 0 Å². The van der Waals surface area contributed by atoms with Gasteiger partial charge in [0.25, 0.3) is 0 Å². The van der Waals surface area contributed by atoms with Gasteiger partial charge in [-0.15, -0.1) is 0 Å². The fourth-order valence-electron chi connectivity index (χ4n) is 5.98. The maximum Gasteiger partial charge on any atom is 0.106 e. The molecule has 4 atom stereocenters. The van der Waals surface area contributed by atoms with Crippen molar-refractivity contribution < 1.29 is 0 Å². The number of hydrogen-bond acceptors (Lipinski definition) is 2. The van der Waals surface area contributed by atoms with E-state index in [4.69, 9.17) is 0 Å². The minimum atomic E-state index is -0.501. The number of nitriles is 2. The van der Waals surface area contributed by atoms with E-state index in [0.29, 0.717) is 11.8 Å². The molecule has 2 nitrogen and oxygen atoms in total. The molecule has 118 valence electrons. The lowest BCUT2D eigenvalue weighted by molar-refractivity contribution is 0.343. The highest BCUT2D eigenvalue weighted by molar-refractivity contribution is 5.63. The van der Waals surface area contributed by atoms with Crippen LogP contribution in [0, 0.1) is 45.3 Å². The smallest absolute Gasteiger partial charge is 0.106 e. The standard InChI is InChI=1S/C22H20N2/c23-13-18-12-19-17-5-1-3-15-6-8-16(9-7-15)4-2-10-21(19)20(11-17)22(18,21)14-24/h6-9,11-12,19-20H,1-5,10H2/t19-,20+,21-,22+/m0/s1. The van der Waals surface area contributed by atoms with E-state index in [1.165, 1.54) is 16.7 Å². The van der Waals surface area contributed by atoms with Gasteiger partial charge in [0, 0.05) is 22.8 Å². The lowest BCUT2D eigenvalue weighted by Gasteiger charge is -2.23. The summed E-state index contributed by atoms with van der Waals surface area (Å²) in [6, 6.07) is 14.0. The number of aryl methyl sites for hydroxylation is 2. The zero-order chi connectivity index (χ0) is 16.4. The Morgan fingerprint density at radius 2 is 1.62 bits per heavy atom. The van der Waals surface area contributed by atoms with Gasteiger partial charge in [-0.3, -0.25) is 0 Å². The molecule has 24 heavy (non-hydrogen) atoms. The van der Waals surface area contributed by atoms with Crippen molar-refractivity contribution in [2.45, 2.75) is 38.5 Å². The summed E-state index contributed by atoms with van der Waals surface area (Å²) >= 11 is 0. The third-order valence-electron chi connectivity index (χ3n) is 7.07. The van der Waals surface area contributed by atoms with E-state index in [2.05, 4.69) is 48.6 Å². The summed E-state index contributed by atoms with van der Waals surface area (Å²) in [6.07, 6.45) is 11.1. The van der Waals surface area contributed by atoms with E-state index in [9.17, 15) is 10.5 Å². The summed E-state index contributed by atoms with van der Waals surface area (Å²) < 4.78 is 0. The number of rotatable bonds is 0. The average Bonchev–Trinajstić information content (AvgIpc) is 2.92. The van der Waals surface area contributed by atoms with Crippen molar-refractivity contribution in [2.24, 2.45) is 22.7 Å². The largest absolute Gasteiger partial charge is 0.197 e. The van der Waals surface area contributed by atoms with E-state index < -0.39 is 5.41 Å². The number of fused-ring (bicyclic) bond motifs is 7. The fraction of sp³-hybridized carbons (Fsp3) is 0.455. The molecule has 0 heterocycles. The topological polar surface area (TPSA) is 47.6 Å². The average molecular weight is 312 g/mol. The van der Waals surface area contributed by atoms with Crippen LogP contribution in [0.4, 0.5) is 0 Å². The third kappa shape index (κ3) is 1.46. The Labute approximate surface area is 143 Å². The highest BCUT2D eigenvalue weighted by Crippen LogP contribution is 2.85. The van der Waals surface area contributed by atoms with E-state index in [1.807, 2.05) is 0 Å². The highest BCUT2D eigenvalue weighted by Gasteiger charge is 2.84. The normalized spacial score (nSPS) is 38.6. The fourth-order valence-corrected chi connectivity index (χ4v) is 5.98. The van der Waals surface area contributed by atoms with E-state index in [1.54, 1.807) is 0 Å². The SMILES string of the molecule is N#CC1=C[C@H]2C3=C[C@@H]4[C@@]2(CCCc2ccc(cc2)CCC3)[C@]14C#N. The van der Waals surface area contributed by atoms with Crippen molar-refractivity contribution in [1.29, 1.82) is 10.5 Å². The van der Waals surface area contributed by atoms with Crippen LogP contribution in [0.1, 0.15) is 36.8 Å².